The molecule has 0 fully saturated rings. The van der Waals surface area contributed by atoms with Crippen LogP contribution in [0.4, 0.5) is 0 Å². The molecule has 0 saturated carbocycles. The molecular weight excluding hydrogens is 108 g/mol. The lowest BCUT2D eigenvalue weighted by Crippen LogP contribution is -1.67. The van der Waals surface area contributed by atoms with E-state index in [9.17, 15) is 0 Å². The SMILES string of the molecule is C.C.CCC=C(C)CC. The Balaban J connectivity index is -0.000000180. The molecule has 0 aliphatic carbocycles. The average Bonchev–Trinajstić information content (AvgIpc) is 1.68. The maximum Gasteiger partial charge on any atom is -0.0352 e. The smallest absolute Gasteiger partial charge is 0.0352 e. The highest BCUT2D eigenvalue weighted by Gasteiger charge is 1.76. The van der Waals surface area contributed by atoms with Crippen molar-refractivity contribution in [3.8, 4) is 0 Å². The first-order valence-electron chi connectivity index (χ1n) is 2.96. The van der Waals surface area contributed by atoms with E-state index in [4.69, 9.17) is 0 Å². The maximum atomic E-state index is 2.26. The molecule has 0 radical (unpaired) electrons. The largest absolute Gasteiger partial charge is 0.0859 e. The van der Waals surface area contributed by atoms with Gasteiger partial charge in [0.05, 0.1) is 0 Å². The fourth-order valence-corrected chi connectivity index (χ4v) is 0.493. The van der Waals surface area contributed by atoms with Crippen molar-refractivity contribution in [3.63, 3.8) is 0 Å². The van der Waals surface area contributed by atoms with Gasteiger partial charge in [0.25, 0.3) is 0 Å². The molecule has 0 heterocycles. The summed E-state index contributed by atoms with van der Waals surface area (Å²) in [6, 6.07) is 0. The molecule has 0 rings (SSSR count). The van der Waals surface area contributed by atoms with E-state index in [1.807, 2.05) is 0 Å². The number of hydrogen-bond donors (Lipinski definition) is 0. The van der Waals surface area contributed by atoms with E-state index in [0.717, 1.165) is 0 Å². The predicted molar refractivity (Wildman–Crippen MR) is 47.8 cm³/mol. The van der Waals surface area contributed by atoms with Gasteiger partial charge in [0, 0.05) is 0 Å². The molecule has 0 amide bonds. The molecule has 58 valence electrons. The molecule has 0 aromatic heterocycles. The minimum Gasteiger partial charge on any atom is -0.0859 e. The van der Waals surface area contributed by atoms with Crippen LogP contribution in [0.1, 0.15) is 48.5 Å². The molecule has 0 aromatic rings. The maximum absolute atomic E-state index is 2.26. The highest BCUT2D eigenvalue weighted by atomic mass is 13.8. The van der Waals surface area contributed by atoms with Crippen LogP contribution in [0.2, 0.25) is 0 Å². The fourth-order valence-electron chi connectivity index (χ4n) is 0.493. The van der Waals surface area contributed by atoms with Gasteiger partial charge in [0.1, 0.15) is 0 Å². The van der Waals surface area contributed by atoms with Gasteiger partial charge in [-0.25, -0.2) is 0 Å². The van der Waals surface area contributed by atoms with Gasteiger partial charge in [-0.1, -0.05) is 40.3 Å². The van der Waals surface area contributed by atoms with E-state index in [0.29, 0.717) is 0 Å². The standard InChI is InChI=1S/C7H14.2CH4/c1-4-6-7(3)5-2;;/h6H,4-5H2,1-3H3;2*1H4. The number of allylic oxidation sites excluding steroid dienone is 2. The van der Waals surface area contributed by atoms with Crippen LogP contribution in [0.5, 0.6) is 0 Å². The molecule has 0 aliphatic heterocycles. The van der Waals surface area contributed by atoms with Crippen LogP contribution in [-0.4, -0.2) is 0 Å². The third kappa shape index (κ3) is 11.4. The molecule has 0 heteroatoms. The molecule has 0 spiro atoms. The highest BCUT2D eigenvalue weighted by Crippen LogP contribution is 1.97. The zero-order chi connectivity index (χ0) is 5.70. The van der Waals surface area contributed by atoms with Crippen LogP contribution >= 0.6 is 0 Å². The van der Waals surface area contributed by atoms with E-state index >= 15 is 0 Å². The van der Waals surface area contributed by atoms with E-state index < -0.39 is 0 Å². The first-order valence-corrected chi connectivity index (χ1v) is 2.96. The normalized spacial score (nSPS) is 9.44. The molecule has 0 unspecified atom stereocenters. The van der Waals surface area contributed by atoms with Gasteiger partial charge in [0.2, 0.25) is 0 Å². The molecule has 0 N–H and O–H groups in total. The Morgan fingerprint density at radius 1 is 1.22 bits per heavy atom. The molecule has 0 bridgehead atoms. The summed E-state index contributed by atoms with van der Waals surface area (Å²) < 4.78 is 0. The zero-order valence-corrected chi connectivity index (χ0v) is 5.49. The second kappa shape index (κ2) is 10.7. The Hall–Kier alpha value is -0.260. The van der Waals surface area contributed by atoms with E-state index in [1.165, 1.54) is 18.4 Å². The molecule has 0 aromatic carbocycles. The van der Waals surface area contributed by atoms with Gasteiger partial charge in [-0.3, -0.25) is 0 Å². The first kappa shape index (κ1) is 15.9. The van der Waals surface area contributed by atoms with Crippen LogP contribution in [0.3, 0.4) is 0 Å². The van der Waals surface area contributed by atoms with Crippen LogP contribution in [0, 0.1) is 0 Å². The lowest BCUT2D eigenvalue weighted by atomic mass is 10.2. The minimum absolute atomic E-state index is 0. The Labute approximate surface area is 61.0 Å². The highest BCUT2D eigenvalue weighted by molar-refractivity contribution is 4.95. The summed E-state index contributed by atoms with van der Waals surface area (Å²) in [5.41, 5.74) is 1.50. The number of rotatable bonds is 2. The summed E-state index contributed by atoms with van der Waals surface area (Å²) in [4.78, 5) is 0. The monoisotopic (exact) mass is 130 g/mol. The first-order chi connectivity index (χ1) is 3.31. The van der Waals surface area contributed by atoms with Crippen molar-refractivity contribution in [2.45, 2.75) is 48.5 Å². The van der Waals surface area contributed by atoms with Crippen LogP contribution < -0.4 is 0 Å². The lowest BCUT2D eigenvalue weighted by Gasteiger charge is -1.88. The predicted octanol–water partition coefficient (Wildman–Crippen LogP) is 4.02. The molecular formula is C9H22. The minimum atomic E-state index is 0. The van der Waals surface area contributed by atoms with Crippen molar-refractivity contribution < 1.29 is 0 Å². The van der Waals surface area contributed by atoms with Crippen molar-refractivity contribution in [1.82, 2.24) is 0 Å². The van der Waals surface area contributed by atoms with E-state index in [1.54, 1.807) is 0 Å². The van der Waals surface area contributed by atoms with Crippen molar-refractivity contribution in [3.05, 3.63) is 11.6 Å². The summed E-state index contributed by atoms with van der Waals surface area (Å²) in [5.74, 6) is 0. The Morgan fingerprint density at radius 2 is 1.67 bits per heavy atom. The third-order valence-corrected chi connectivity index (χ3v) is 1.11. The summed E-state index contributed by atoms with van der Waals surface area (Å²) in [5, 5.41) is 0. The van der Waals surface area contributed by atoms with Gasteiger partial charge >= 0.3 is 0 Å². The van der Waals surface area contributed by atoms with Crippen molar-refractivity contribution in [2.75, 3.05) is 0 Å². The van der Waals surface area contributed by atoms with Crippen molar-refractivity contribution in [1.29, 1.82) is 0 Å². The average molecular weight is 130 g/mol. The quantitative estimate of drug-likeness (QED) is 0.495. The molecule has 9 heavy (non-hydrogen) atoms. The number of hydrogen-bond acceptors (Lipinski definition) is 0. The van der Waals surface area contributed by atoms with Gasteiger partial charge in [-0.2, -0.15) is 0 Å². The van der Waals surface area contributed by atoms with E-state index in [2.05, 4.69) is 26.8 Å². The molecule has 0 nitrogen and oxygen atoms in total. The zero-order valence-electron chi connectivity index (χ0n) is 5.49. The van der Waals surface area contributed by atoms with Gasteiger partial charge in [-0.05, 0) is 19.8 Å². The Kier molecular flexibility index (Phi) is 18.8. The van der Waals surface area contributed by atoms with Crippen molar-refractivity contribution in [2.24, 2.45) is 0 Å². The van der Waals surface area contributed by atoms with Crippen LogP contribution in [0.15, 0.2) is 11.6 Å². The third-order valence-electron chi connectivity index (χ3n) is 1.11. The lowest BCUT2D eigenvalue weighted by molar-refractivity contribution is 1.06. The van der Waals surface area contributed by atoms with Crippen LogP contribution in [0.25, 0.3) is 0 Å². The second-order valence-electron chi connectivity index (χ2n) is 1.81. The van der Waals surface area contributed by atoms with Gasteiger partial charge in [0.15, 0.2) is 0 Å². The van der Waals surface area contributed by atoms with Gasteiger partial charge in [-0.15, -0.1) is 0 Å². The van der Waals surface area contributed by atoms with Crippen molar-refractivity contribution >= 4 is 0 Å². The summed E-state index contributed by atoms with van der Waals surface area (Å²) in [6.07, 6.45) is 4.65. The van der Waals surface area contributed by atoms with E-state index in [-0.39, 0.29) is 14.9 Å². The summed E-state index contributed by atoms with van der Waals surface area (Å²) in [6.45, 7) is 6.52. The molecule has 0 aliphatic rings. The topological polar surface area (TPSA) is 0 Å². The Morgan fingerprint density at radius 3 is 1.78 bits per heavy atom. The summed E-state index contributed by atoms with van der Waals surface area (Å²) >= 11 is 0. The summed E-state index contributed by atoms with van der Waals surface area (Å²) in [7, 11) is 0. The molecule has 0 saturated heterocycles. The second-order valence-corrected chi connectivity index (χ2v) is 1.81. The van der Waals surface area contributed by atoms with Gasteiger partial charge < -0.3 is 0 Å². The fraction of sp³-hybridized carbons (Fsp3) is 0.778. The van der Waals surface area contributed by atoms with Crippen LogP contribution in [-0.2, 0) is 0 Å². The molecule has 0 atom stereocenters. The Bertz CT molecular complexity index is 60.4.